The van der Waals surface area contributed by atoms with E-state index in [1.54, 1.807) is 6.33 Å². The van der Waals surface area contributed by atoms with Crippen LogP contribution in [0.4, 0.5) is 4.79 Å². The van der Waals surface area contributed by atoms with E-state index in [-0.39, 0.29) is 17.6 Å². The van der Waals surface area contributed by atoms with Crippen LogP contribution in [0.25, 0.3) is 0 Å². The van der Waals surface area contributed by atoms with Gasteiger partial charge in [-0.25, -0.2) is 4.79 Å². The molecule has 0 aliphatic carbocycles. The molecule has 2 aromatic heterocycles. The number of amides is 2. The zero-order valence-corrected chi connectivity index (χ0v) is 15.3. The van der Waals surface area contributed by atoms with Gasteiger partial charge in [0.1, 0.15) is 6.33 Å². The second kappa shape index (κ2) is 7.02. The topological polar surface area (TPSA) is 89.7 Å². The Morgan fingerprint density at radius 1 is 1.38 bits per heavy atom. The Bertz CT molecular complexity index is 696. The van der Waals surface area contributed by atoms with Crippen LogP contribution in [0.2, 0.25) is 0 Å². The molecule has 24 heavy (non-hydrogen) atoms. The van der Waals surface area contributed by atoms with Crippen molar-refractivity contribution in [1.29, 1.82) is 0 Å². The van der Waals surface area contributed by atoms with Crippen molar-refractivity contribution in [3.05, 3.63) is 29.6 Å². The quantitative estimate of drug-likeness (QED) is 0.877. The van der Waals surface area contributed by atoms with Crippen LogP contribution < -0.4 is 10.6 Å². The van der Waals surface area contributed by atoms with Gasteiger partial charge in [0, 0.05) is 18.3 Å². The van der Waals surface area contributed by atoms with E-state index in [0.29, 0.717) is 6.54 Å². The molecule has 8 nitrogen and oxygen atoms in total. The molecular weight excluding hydrogens is 306 g/mol. The van der Waals surface area contributed by atoms with Crippen molar-refractivity contribution >= 4 is 6.03 Å². The highest BCUT2D eigenvalue weighted by atomic mass is 16.2. The molecule has 0 aliphatic heterocycles. The molecule has 2 rings (SSSR count). The third-order valence-electron chi connectivity index (χ3n) is 3.88. The summed E-state index contributed by atoms with van der Waals surface area (Å²) in [4.78, 5) is 12.1. The molecule has 0 fully saturated rings. The van der Waals surface area contributed by atoms with Gasteiger partial charge >= 0.3 is 6.03 Å². The Hall–Kier alpha value is -2.38. The number of carbonyl (C=O) groups is 1. The van der Waals surface area contributed by atoms with Crippen molar-refractivity contribution in [2.45, 2.75) is 66.2 Å². The lowest BCUT2D eigenvalue weighted by molar-refractivity contribution is 0.237. The highest BCUT2D eigenvalue weighted by Crippen LogP contribution is 2.20. The monoisotopic (exact) mass is 333 g/mol. The molecule has 8 heteroatoms. The van der Waals surface area contributed by atoms with Crippen LogP contribution in [0.15, 0.2) is 12.5 Å². The van der Waals surface area contributed by atoms with E-state index < -0.39 is 0 Å². The standard InChI is InChI=1S/C16H27N7O/c1-7-22-10-18-20-14(22)8-17-15(24)19-11(2)13-9-23(16(4,5)6)21-12(13)3/h9-11H,7-8H2,1-6H3,(H2,17,19,24). The lowest BCUT2D eigenvalue weighted by Gasteiger charge is -2.19. The van der Waals surface area contributed by atoms with Crippen LogP contribution >= 0.6 is 0 Å². The molecule has 0 saturated carbocycles. The van der Waals surface area contributed by atoms with E-state index in [2.05, 4.69) is 46.7 Å². The van der Waals surface area contributed by atoms with E-state index >= 15 is 0 Å². The maximum Gasteiger partial charge on any atom is 0.315 e. The van der Waals surface area contributed by atoms with Crippen LogP contribution in [-0.4, -0.2) is 30.6 Å². The number of aryl methyl sites for hydroxylation is 2. The molecule has 1 atom stereocenters. The van der Waals surface area contributed by atoms with E-state index in [4.69, 9.17) is 0 Å². The molecule has 0 bridgehead atoms. The van der Waals surface area contributed by atoms with Gasteiger partial charge in [-0.15, -0.1) is 10.2 Å². The van der Waals surface area contributed by atoms with Gasteiger partial charge in [0.05, 0.1) is 23.8 Å². The Kier molecular flexibility index (Phi) is 5.26. The predicted octanol–water partition coefficient (Wildman–Crippen LogP) is 2.12. The summed E-state index contributed by atoms with van der Waals surface area (Å²) in [7, 11) is 0. The second-order valence-corrected chi connectivity index (χ2v) is 6.87. The Morgan fingerprint density at radius 2 is 2.08 bits per heavy atom. The third kappa shape index (κ3) is 4.12. The number of aromatic nitrogens is 5. The van der Waals surface area contributed by atoms with Gasteiger partial charge in [-0.2, -0.15) is 5.10 Å². The van der Waals surface area contributed by atoms with Crippen molar-refractivity contribution in [2.24, 2.45) is 0 Å². The first-order chi connectivity index (χ1) is 11.2. The van der Waals surface area contributed by atoms with Gasteiger partial charge in [0.25, 0.3) is 0 Å². The minimum Gasteiger partial charge on any atom is -0.332 e. The molecule has 2 amide bonds. The van der Waals surface area contributed by atoms with Gasteiger partial charge in [0.2, 0.25) is 0 Å². The number of rotatable bonds is 5. The largest absolute Gasteiger partial charge is 0.332 e. The molecule has 1 unspecified atom stereocenters. The smallest absolute Gasteiger partial charge is 0.315 e. The Morgan fingerprint density at radius 3 is 2.67 bits per heavy atom. The van der Waals surface area contributed by atoms with Gasteiger partial charge in [-0.1, -0.05) is 0 Å². The summed E-state index contributed by atoms with van der Waals surface area (Å²) in [6, 6.07) is -0.374. The second-order valence-electron chi connectivity index (χ2n) is 6.87. The molecule has 0 aliphatic rings. The first-order valence-electron chi connectivity index (χ1n) is 8.20. The summed E-state index contributed by atoms with van der Waals surface area (Å²) in [6.45, 7) is 13.3. The number of nitrogens with zero attached hydrogens (tertiary/aromatic N) is 5. The first kappa shape index (κ1) is 18.0. The van der Waals surface area contributed by atoms with Gasteiger partial charge in [-0.05, 0) is 41.5 Å². The Labute approximate surface area is 142 Å². The predicted molar refractivity (Wildman–Crippen MR) is 91.4 cm³/mol. The lowest BCUT2D eigenvalue weighted by atomic mass is 10.1. The lowest BCUT2D eigenvalue weighted by Crippen LogP contribution is -2.37. The van der Waals surface area contributed by atoms with Crippen LogP contribution in [0.3, 0.4) is 0 Å². The van der Waals surface area contributed by atoms with Gasteiger partial charge in [-0.3, -0.25) is 4.68 Å². The highest BCUT2D eigenvalue weighted by molar-refractivity contribution is 5.74. The minimum absolute atomic E-state index is 0.0881. The summed E-state index contributed by atoms with van der Waals surface area (Å²) in [6.07, 6.45) is 3.65. The average molecular weight is 333 g/mol. The van der Waals surface area contributed by atoms with Crippen molar-refractivity contribution in [1.82, 2.24) is 35.2 Å². The van der Waals surface area contributed by atoms with Crippen LogP contribution in [-0.2, 0) is 18.6 Å². The van der Waals surface area contributed by atoms with E-state index in [9.17, 15) is 4.79 Å². The van der Waals surface area contributed by atoms with Crippen molar-refractivity contribution in [2.75, 3.05) is 0 Å². The maximum absolute atomic E-state index is 12.1. The third-order valence-corrected chi connectivity index (χ3v) is 3.88. The van der Waals surface area contributed by atoms with Crippen LogP contribution in [0.5, 0.6) is 0 Å². The molecule has 0 radical (unpaired) electrons. The Balaban J connectivity index is 1.95. The molecule has 2 N–H and O–H groups in total. The summed E-state index contributed by atoms with van der Waals surface area (Å²) >= 11 is 0. The molecular formula is C16H27N7O. The SMILES string of the molecule is CCn1cnnc1CNC(=O)NC(C)c1cn(C(C)(C)C)nc1C. The van der Waals surface area contributed by atoms with Crippen LogP contribution in [0, 0.1) is 6.92 Å². The number of hydrogen-bond acceptors (Lipinski definition) is 4. The molecule has 2 aromatic rings. The summed E-state index contributed by atoms with van der Waals surface area (Å²) in [5.41, 5.74) is 1.84. The van der Waals surface area contributed by atoms with Crippen molar-refractivity contribution < 1.29 is 4.79 Å². The number of nitrogens with one attached hydrogen (secondary N) is 2. The number of hydrogen-bond donors (Lipinski definition) is 2. The fraction of sp³-hybridized carbons (Fsp3) is 0.625. The number of urea groups is 1. The highest BCUT2D eigenvalue weighted by Gasteiger charge is 2.20. The molecule has 0 saturated heterocycles. The normalized spacial score (nSPS) is 12.9. The van der Waals surface area contributed by atoms with Gasteiger partial charge < -0.3 is 15.2 Å². The van der Waals surface area contributed by atoms with E-state index in [1.165, 1.54) is 0 Å². The fourth-order valence-corrected chi connectivity index (χ4v) is 2.41. The minimum atomic E-state index is -0.240. The van der Waals surface area contributed by atoms with E-state index in [0.717, 1.165) is 23.6 Å². The number of carbonyl (C=O) groups excluding carboxylic acids is 1. The summed E-state index contributed by atoms with van der Waals surface area (Å²) < 4.78 is 3.82. The van der Waals surface area contributed by atoms with Crippen LogP contribution in [0.1, 0.15) is 57.7 Å². The maximum atomic E-state index is 12.1. The summed E-state index contributed by atoms with van der Waals surface area (Å²) in [5.74, 6) is 0.733. The molecule has 0 spiro atoms. The first-order valence-corrected chi connectivity index (χ1v) is 8.20. The zero-order chi connectivity index (χ0) is 17.9. The van der Waals surface area contributed by atoms with Crippen molar-refractivity contribution in [3.8, 4) is 0 Å². The van der Waals surface area contributed by atoms with E-state index in [1.807, 2.05) is 36.2 Å². The zero-order valence-electron chi connectivity index (χ0n) is 15.3. The fourth-order valence-electron chi connectivity index (χ4n) is 2.41. The molecule has 132 valence electrons. The van der Waals surface area contributed by atoms with Crippen molar-refractivity contribution in [3.63, 3.8) is 0 Å². The van der Waals surface area contributed by atoms with Gasteiger partial charge in [0.15, 0.2) is 5.82 Å². The average Bonchev–Trinajstić information content (AvgIpc) is 3.10. The summed E-state index contributed by atoms with van der Waals surface area (Å²) in [5, 5.41) is 18.1. The molecule has 2 heterocycles. The molecule has 0 aromatic carbocycles.